The zero-order chi connectivity index (χ0) is 18.6. The lowest BCUT2D eigenvalue weighted by Crippen LogP contribution is -2.04. The fourth-order valence-corrected chi connectivity index (χ4v) is 3.10. The molecule has 0 saturated carbocycles. The van der Waals surface area contributed by atoms with Crippen LogP contribution < -0.4 is 10.1 Å². The van der Waals surface area contributed by atoms with Crippen molar-refractivity contribution in [3.05, 3.63) is 83.4 Å². The molecule has 1 heterocycles. The topological polar surface area (TPSA) is 47.0 Å². The molecule has 0 bridgehead atoms. The van der Waals surface area contributed by atoms with E-state index in [1.54, 1.807) is 7.11 Å². The van der Waals surface area contributed by atoms with Gasteiger partial charge in [0.05, 0.1) is 12.6 Å². The molecule has 134 valence electrons. The highest BCUT2D eigenvalue weighted by Gasteiger charge is 2.10. The van der Waals surface area contributed by atoms with Crippen molar-refractivity contribution >= 4 is 28.3 Å². The molecule has 0 unspecified atom stereocenters. The van der Waals surface area contributed by atoms with E-state index in [9.17, 15) is 0 Å². The Kier molecular flexibility index (Phi) is 4.90. The minimum Gasteiger partial charge on any atom is -0.497 e. The molecule has 0 radical (unpaired) electrons. The van der Waals surface area contributed by atoms with Crippen molar-refractivity contribution in [2.45, 2.75) is 6.54 Å². The number of rotatable bonds is 5. The summed E-state index contributed by atoms with van der Waals surface area (Å²) in [5.41, 5.74) is 2.84. The maximum atomic E-state index is 6.28. The first-order chi connectivity index (χ1) is 13.2. The van der Waals surface area contributed by atoms with Gasteiger partial charge < -0.3 is 10.1 Å². The summed E-state index contributed by atoms with van der Waals surface area (Å²) in [6.07, 6.45) is 0. The van der Waals surface area contributed by atoms with E-state index in [-0.39, 0.29) is 0 Å². The van der Waals surface area contributed by atoms with Gasteiger partial charge in [-0.25, -0.2) is 9.97 Å². The molecule has 5 heteroatoms. The van der Waals surface area contributed by atoms with Crippen molar-refractivity contribution in [3.8, 4) is 17.1 Å². The highest BCUT2D eigenvalue weighted by Crippen LogP contribution is 2.27. The SMILES string of the molecule is COc1ccc(-c2nc(NCc3ccccc3Cl)c3ccccc3n2)cc1. The van der Waals surface area contributed by atoms with E-state index in [0.29, 0.717) is 12.4 Å². The zero-order valence-electron chi connectivity index (χ0n) is 14.8. The van der Waals surface area contributed by atoms with Gasteiger partial charge in [-0.15, -0.1) is 0 Å². The van der Waals surface area contributed by atoms with Crippen LogP contribution in [0.4, 0.5) is 5.82 Å². The van der Waals surface area contributed by atoms with Crippen LogP contribution in [0.25, 0.3) is 22.3 Å². The van der Waals surface area contributed by atoms with Crippen molar-refractivity contribution in [2.75, 3.05) is 12.4 Å². The number of nitrogens with one attached hydrogen (secondary N) is 1. The number of benzene rings is 3. The Morgan fingerprint density at radius 2 is 1.63 bits per heavy atom. The minimum atomic E-state index is 0.586. The molecule has 0 amide bonds. The Morgan fingerprint density at radius 3 is 2.41 bits per heavy atom. The number of ether oxygens (including phenoxy) is 1. The van der Waals surface area contributed by atoms with Gasteiger partial charge in [-0.1, -0.05) is 41.9 Å². The third-order valence-electron chi connectivity index (χ3n) is 4.36. The van der Waals surface area contributed by atoms with Crippen molar-refractivity contribution in [1.29, 1.82) is 0 Å². The molecule has 4 aromatic rings. The number of halogens is 1. The quantitative estimate of drug-likeness (QED) is 0.495. The molecule has 0 saturated heterocycles. The predicted octanol–water partition coefficient (Wildman–Crippen LogP) is 5.57. The number of hydrogen-bond acceptors (Lipinski definition) is 4. The highest BCUT2D eigenvalue weighted by molar-refractivity contribution is 6.31. The number of nitrogens with zero attached hydrogens (tertiary/aromatic N) is 2. The third-order valence-corrected chi connectivity index (χ3v) is 4.72. The molecular formula is C22H18ClN3O. The molecule has 4 rings (SSSR count). The number of anilines is 1. The Morgan fingerprint density at radius 1 is 0.889 bits per heavy atom. The van der Waals surface area contributed by atoms with Crippen LogP contribution in [0.5, 0.6) is 5.75 Å². The van der Waals surface area contributed by atoms with Gasteiger partial charge >= 0.3 is 0 Å². The molecule has 27 heavy (non-hydrogen) atoms. The van der Waals surface area contributed by atoms with E-state index < -0.39 is 0 Å². The van der Waals surface area contributed by atoms with Gasteiger partial charge in [0.25, 0.3) is 0 Å². The summed E-state index contributed by atoms with van der Waals surface area (Å²) < 4.78 is 5.23. The smallest absolute Gasteiger partial charge is 0.162 e. The Balaban J connectivity index is 1.73. The number of para-hydroxylation sites is 1. The Hall–Kier alpha value is -3.11. The van der Waals surface area contributed by atoms with Crippen molar-refractivity contribution in [2.24, 2.45) is 0 Å². The van der Waals surface area contributed by atoms with Gasteiger partial charge in [0, 0.05) is 22.5 Å². The van der Waals surface area contributed by atoms with E-state index in [0.717, 1.165) is 38.6 Å². The predicted molar refractivity (Wildman–Crippen MR) is 110 cm³/mol. The fourth-order valence-electron chi connectivity index (χ4n) is 2.90. The van der Waals surface area contributed by atoms with E-state index >= 15 is 0 Å². The molecule has 0 aliphatic carbocycles. The standard InChI is InChI=1S/C22H18ClN3O/c1-27-17-12-10-15(11-13-17)21-25-20-9-5-3-7-18(20)22(26-21)24-14-16-6-2-4-8-19(16)23/h2-13H,14H2,1H3,(H,24,25,26). The molecule has 0 atom stereocenters. The molecule has 0 fully saturated rings. The zero-order valence-corrected chi connectivity index (χ0v) is 15.6. The average Bonchev–Trinajstić information content (AvgIpc) is 2.73. The van der Waals surface area contributed by atoms with Crippen molar-refractivity contribution < 1.29 is 4.74 Å². The number of fused-ring (bicyclic) bond motifs is 1. The maximum Gasteiger partial charge on any atom is 0.162 e. The summed E-state index contributed by atoms with van der Waals surface area (Å²) in [5.74, 6) is 2.25. The van der Waals surface area contributed by atoms with Crippen LogP contribution in [0.3, 0.4) is 0 Å². The molecular weight excluding hydrogens is 358 g/mol. The first kappa shape index (κ1) is 17.3. The van der Waals surface area contributed by atoms with E-state index in [4.69, 9.17) is 26.3 Å². The third kappa shape index (κ3) is 3.71. The van der Waals surface area contributed by atoms with Crippen molar-refractivity contribution in [3.63, 3.8) is 0 Å². The maximum absolute atomic E-state index is 6.28. The van der Waals surface area contributed by atoms with Crippen LogP contribution in [0.1, 0.15) is 5.56 Å². The number of aromatic nitrogens is 2. The first-order valence-electron chi connectivity index (χ1n) is 8.63. The second-order valence-electron chi connectivity index (χ2n) is 6.09. The first-order valence-corrected chi connectivity index (χ1v) is 9.01. The van der Waals surface area contributed by atoms with Crippen LogP contribution in [0.15, 0.2) is 72.8 Å². The molecule has 0 spiro atoms. The summed E-state index contributed by atoms with van der Waals surface area (Å²) in [6.45, 7) is 0.586. The summed E-state index contributed by atoms with van der Waals surface area (Å²) in [6, 6.07) is 23.5. The second kappa shape index (κ2) is 7.64. The fraction of sp³-hybridized carbons (Fsp3) is 0.0909. The second-order valence-corrected chi connectivity index (χ2v) is 6.49. The van der Waals surface area contributed by atoms with Crippen molar-refractivity contribution in [1.82, 2.24) is 9.97 Å². The van der Waals surface area contributed by atoms with E-state index in [1.807, 2.05) is 72.8 Å². The lowest BCUT2D eigenvalue weighted by molar-refractivity contribution is 0.415. The number of hydrogen-bond donors (Lipinski definition) is 1. The highest BCUT2D eigenvalue weighted by atomic mass is 35.5. The minimum absolute atomic E-state index is 0.586. The average molecular weight is 376 g/mol. The molecule has 0 aliphatic rings. The monoisotopic (exact) mass is 375 g/mol. The summed E-state index contributed by atoms with van der Waals surface area (Å²) in [4.78, 5) is 9.48. The van der Waals surface area contributed by atoms with Gasteiger partial charge in [-0.05, 0) is 48.0 Å². The summed E-state index contributed by atoms with van der Waals surface area (Å²) in [5, 5.41) is 5.13. The molecule has 4 nitrogen and oxygen atoms in total. The van der Waals surface area contributed by atoms with Crippen LogP contribution in [0, 0.1) is 0 Å². The Bertz CT molecular complexity index is 1080. The number of methoxy groups -OCH3 is 1. The Labute approximate surface area is 162 Å². The molecule has 1 aromatic heterocycles. The van der Waals surface area contributed by atoms with Crippen LogP contribution in [-0.4, -0.2) is 17.1 Å². The van der Waals surface area contributed by atoms with Gasteiger partial charge in [-0.2, -0.15) is 0 Å². The van der Waals surface area contributed by atoms with Gasteiger partial charge in [-0.3, -0.25) is 0 Å². The molecule has 3 aromatic carbocycles. The van der Waals surface area contributed by atoms with E-state index in [1.165, 1.54) is 0 Å². The normalized spacial score (nSPS) is 10.7. The lowest BCUT2D eigenvalue weighted by atomic mass is 10.1. The van der Waals surface area contributed by atoms with Crippen LogP contribution in [-0.2, 0) is 6.54 Å². The molecule has 1 N–H and O–H groups in total. The van der Waals surface area contributed by atoms with Gasteiger partial charge in [0.1, 0.15) is 11.6 Å². The summed E-state index contributed by atoms with van der Waals surface area (Å²) in [7, 11) is 1.65. The van der Waals surface area contributed by atoms with E-state index in [2.05, 4.69) is 5.32 Å². The summed E-state index contributed by atoms with van der Waals surface area (Å²) >= 11 is 6.28. The van der Waals surface area contributed by atoms with Gasteiger partial charge in [0.15, 0.2) is 5.82 Å². The lowest BCUT2D eigenvalue weighted by Gasteiger charge is -2.12. The molecule has 0 aliphatic heterocycles. The van der Waals surface area contributed by atoms with Crippen LogP contribution >= 0.6 is 11.6 Å². The largest absolute Gasteiger partial charge is 0.497 e. The van der Waals surface area contributed by atoms with Crippen LogP contribution in [0.2, 0.25) is 5.02 Å². The van der Waals surface area contributed by atoms with Gasteiger partial charge in [0.2, 0.25) is 0 Å².